The summed E-state index contributed by atoms with van der Waals surface area (Å²) in [7, 11) is 5.06. The van der Waals surface area contributed by atoms with Crippen LogP contribution in [0.25, 0.3) is 21.8 Å². The van der Waals surface area contributed by atoms with Gasteiger partial charge >= 0.3 is 0 Å². The number of hydrogen-bond donors (Lipinski definition) is 0. The predicted molar refractivity (Wildman–Crippen MR) is 87.5 cm³/mol. The van der Waals surface area contributed by atoms with Crippen LogP contribution in [0.3, 0.4) is 0 Å². The molecule has 5 heteroatoms. The van der Waals surface area contributed by atoms with Gasteiger partial charge in [-0.2, -0.15) is 0 Å². The molecule has 0 saturated heterocycles. The van der Waals surface area contributed by atoms with E-state index < -0.39 is 0 Å². The summed E-state index contributed by atoms with van der Waals surface area (Å²) in [6.07, 6.45) is 0. The first-order chi connectivity index (χ1) is 10.1. The van der Waals surface area contributed by atoms with E-state index in [1.54, 1.807) is 14.2 Å². The van der Waals surface area contributed by atoms with Crippen LogP contribution in [0.5, 0.6) is 11.5 Å². The van der Waals surface area contributed by atoms with Crippen molar-refractivity contribution in [1.29, 1.82) is 0 Å². The molecule has 1 heterocycles. The average Bonchev–Trinajstić information content (AvgIpc) is 2.52. The molecule has 4 nitrogen and oxygen atoms in total. The van der Waals surface area contributed by atoms with Crippen LogP contribution in [0.15, 0.2) is 39.6 Å². The number of benzene rings is 2. The Bertz CT molecular complexity index is 915. The largest absolute Gasteiger partial charge is 0.495 e. The van der Waals surface area contributed by atoms with Crippen molar-refractivity contribution in [2.75, 3.05) is 14.2 Å². The van der Waals surface area contributed by atoms with E-state index in [1.165, 1.54) is 0 Å². The highest BCUT2D eigenvalue weighted by molar-refractivity contribution is 9.10. The fourth-order valence-corrected chi connectivity index (χ4v) is 3.28. The summed E-state index contributed by atoms with van der Waals surface area (Å²) in [5.74, 6) is 1.13. The van der Waals surface area contributed by atoms with Crippen LogP contribution in [0.1, 0.15) is 0 Å². The normalized spacial score (nSPS) is 11.0. The quantitative estimate of drug-likeness (QED) is 0.666. The number of pyridine rings is 1. The average molecular weight is 348 g/mol. The fourth-order valence-electron chi connectivity index (χ4n) is 2.64. The van der Waals surface area contributed by atoms with E-state index in [2.05, 4.69) is 15.9 Å². The third kappa shape index (κ3) is 1.92. The lowest BCUT2D eigenvalue weighted by atomic mass is 10.1. The molecule has 0 N–H and O–H groups in total. The molecule has 0 atom stereocenters. The smallest absolute Gasteiger partial charge is 0.201 e. The Morgan fingerprint density at radius 3 is 2.48 bits per heavy atom. The summed E-state index contributed by atoms with van der Waals surface area (Å²) in [5, 5.41) is 1.22. The van der Waals surface area contributed by atoms with Gasteiger partial charge in [0.2, 0.25) is 5.43 Å². The van der Waals surface area contributed by atoms with Crippen LogP contribution in [-0.2, 0) is 7.05 Å². The standard InChI is InChI=1S/C16H14BrNO3/c1-18-10-7-5-4-6-9(10)15(19)13-11(18)8-12(20-2)14(17)16(13)21-3/h4-8H,1-3H3. The number of nitrogens with zero attached hydrogens (tertiary/aromatic N) is 1. The van der Waals surface area contributed by atoms with Crippen molar-refractivity contribution in [1.82, 2.24) is 4.57 Å². The number of halogens is 1. The lowest BCUT2D eigenvalue weighted by Gasteiger charge is -2.16. The summed E-state index contributed by atoms with van der Waals surface area (Å²) in [6, 6.07) is 9.38. The van der Waals surface area contributed by atoms with Crippen molar-refractivity contribution in [2.24, 2.45) is 7.05 Å². The zero-order valence-corrected chi connectivity index (χ0v) is 13.5. The zero-order chi connectivity index (χ0) is 15.1. The third-order valence-corrected chi connectivity index (χ3v) is 4.44. The lowest BCUT2D eigenvalue weighted by Crippen LogP contribution is -2.11. The number of aryl methyl sites for hydroxylation is 1. The summed E-state index contributed by atoms with van der Waals surface area (Å²) in [5.41, 5.74) is 1.61. The van der Waals surface area contributed by atoms with Gasteiger partial charge in [0.05, 0.1) is 30.6 Å². The molecular formula is C16H14BrNO3. The number of ether oxygens (including phenoxy) is 2. The Kier molecular flexibility index (Phi) is 3.37. The second kappa shape index (κ2) is 5.07. The number of aromatic nitrogens is 1. The van der Waals surface area contributed by atoms with E-state index >= 15 is 0 Å². The minimum atomic E-state index is -0.0427. The Balaban J connectivity index is 2.66. The first-order valence-electron chi connectivity index (χ1n) is 6.42. The minimum Gasteiger partial charge on any atom is -0.495 e. The van der Waals surface area contributed by atoms with Crippen LogP contribution < -0.4 is 14.9 Å². The molecule has 21 heavy (non-hydrogen) atoms. The Labute approximate surface area is 130 Å². The van der Waals surface area contributed by atoms with Crippen LogP contribution in [-0.4, -0.2) is 18.8 Å². The van der Waals surface area contributed by atoms with E-state index in [0.29, 0.717) is 26.7 Å². The molecule has 0 saturated carbocycles. The molecule has 1 aromatic heterocycles. The molecule has 108 valence electrons. The predicted octanol–water partition coefficient (Wildman–Crippen LogP) is 3.47. The third-order valence-electron chi connectivity index (χ3n) is 3.69. The topological polar surface area (TPSA) is 40.5 Å². The molecule has 3 aromatic rings. The van der Waals surface area contributed by atoms with Gasteiger partial charge in [-0.25, -0.2) is 0 Å². The van der Waals surface area contributed by atoms with Gasteiger partial charge in [0.15, 0.2) is 0 Å². The molecule has 0 fully saturated rings. The van der Waals surface area contributed by atoms with Gasteiger partial charge in [-0.15, -0.1) is 0 Å². The van der Waals surface area contributed by atoms with E-state index in [1.807, 2.05) is 41.9 Å². The number of fused-ring (bicyclic) bond motifs is 2. The van der Waals surface area contributed by atoms with Crippen LogP contribution in [0.2, 0.25) is 0 Å². The van der Waals surface area contributed by atoms with Crippen LogP contribution in [0.4, 0.5) is 0 Å². The van der Waals surface area contributed by atoms with Crippen LogP contribution in [0, 0.1) is 0 Å². The maximum Gasteiger partial charge on any atom is 0.201 e. The maximum atomic E-state index is 12.8. The molecule has 3 rings (SSSR count). The maximum absolute atomic E-state index is 12.8. The van der Waals surface area contributed by atoms with Gasteiger partial charge in [-0.1, -0.05) is 12.1 Å². The summed E-state index contributed by atoms with van der Waals surface area (Å²) in [4.78, 5) is 12.8. The molecular weight excluding hydrogens is 334 g/mol. The van der Waals surface area contributed by atoms with Gasteiger partial charge in [-0.3, -0.25) is 4.79 Å². The van der Waals surface area contributed by atoms with Gasteiger partial charge in [0.25, 0.3) is 0 Å². The highest BCUT2D eigenvalue weighted by Crippen LogP contribution is 2.40. The van der Waals surface area contributed by atoms with Gasteiger partial charge in [-0.05, 0) is 28.1 Å². The Hall–Kier alpha value is -2.01. The SMILES string of the molecule is COc1cc2c(c(OC)c1Br)c(=O)c1ccccc1n2C. The monoisotopic (exact) mass is 347 g/mol. The second-order valence-corrected chi connectivity index (χ2v) is 5.52. The van der Waals surface area contributed by atoms with Crippen LogP contribution >= 0.6 is 15.9 Å². The summed E-state index contributed by atoms with van der Waals surface area (Å²) in [6.45, 7) is 0. The van der Waals surface area contributed by atoms with Gasteiger partial charge in [0, 0.05) is 18.5 Å². The van der Waals surface area contributed by atoms with Gasteiger partial charge in [0.1, 0.15) is 16.0 Å². The van der Waals surface area contributed by atoms with Crippen molar-refractivity contribution >= 4 is 37.7 Å². The van der Waals surface area contributed by atoms with E-state index in [0.717, 1.165) is 11.0 Å². The first-order valence-corrected chi connectivity index (χ1v) is 7.21. The molecule has 0 bridgehead atoms. The molecule has 0 radical (unpaired) electrons. The van der Waals surface area contributed by atoms with Crippen molar-refractivity contribution in [3.05, 3.63) is 45.0 Å². The molecule has 0 aliphatic carbocycles. The highest BCUT2D eigenvalue weighted by atomic mass is 79.9. The Morgan fingerprint density at radius 2 is 1.81 bits per heavy atom. The fraction of sp³-hybridized carbons (Fsp3) is 0.188. The molecule has 0 spiro atoms. The summed E-state index contributed by atoms with van der Waals surface area (Å²) < 4.78 is 13.4. The van der Waals surface area contributed by atoms with E-state index in [4.69, 9.17) is 9.47 Å². The number of rotatable bonds is 2. The van der Waals surface area contributed by atoms with Crippen molar-refractivity contribution in [3.63, 3.8) is 0 Å². The summed E-state index contributed by atoms with van der Waals surface area (Å²) >= 11 is 3.45. The highest BCUT2D eigenvalue weighted by Gasteiger charge is 2.18. The molecule has 0 amide bonds. The number of hydrogen-bond acceptors (Lipinski definition) is 3. The second-order valence-electron chi connectivity index (χ2n) is 4.73. The minimum absolute atomic E-state index is 0.0427. The molecule has 0 aliphatic heterocycles. The molecule has 2 aromatic carbocycles. The van der Waals surface area contributed by atoms with Crippen molar-refractivity contribution in [2.45, 2.75) is 0 Å². The van der Waals surface area contributed by atoms with Gasteiger partial charge < -0.3 is 14.0 Å². The van der Waals surface area contributed by atoms with E-state index in [-0.39, 0.29) is 5.43 Å². The molecule has 0 unspecified atom stereocenters. The zero-order valence-electron chi connectivity index (χ0n) is 11.9. The van der Waals surface area contributed by atoms with Crippen molar-refractivity contribution in [3.8, 4) is 11.5 Å². The number of methoxy groups -OCH3 is 2. The molecule has 0 aliphatic rings. The first kappa shape index (κ1) is 13.9. The number of para-hydroxylation sites is 1. The van der Waals surface area contributed by atoms with E-state index in [9.17, 15) is 4.79 Å². The van der Waals surface area contributed by atoms with Crippen molar-refractivity contribution < 1.29 is 9.47 Å². The lowest BCUT2D eigenvalue weighted by molar-refractivity contribution is 0.393. The Morgan fingerprint density at radius 1 is 1.10 bits per heavy atom.